The standard InChI is InChI=1S/C12H18N2O/c1-15-12-8-10(6-7-11(12)13)14-9-4-2-3-5-9/h6-9,14H,2-5,13H2,1H3. The van der Waals surface area contributed by atoms with Crippen molar-refractivity contribution in [2.24, 2.45) is 0 Å². The Bertz CT molecular complexity index is 332. The Balaban J connectivity index is 2.07. The average Bonchev–Trinajstić information content (AvgIpc) is 2.73. The summed E-state index contributed by atoms with van der Waals surface area (Å²) in [7, 11) is 1.64. The lowest BCUT2D eigenvalue weighted by atomic mass is 10.2. The first-order chi connectivity index (χ1) is 7.29. The number of nitrogens with two attached hydrogens (primary N) is 1. The molecule has 0 heterocycles. The lowest BCUT2D eigenvalue weighted by Crippen LogP contribution is -2.14. The third kappa shape index (κ3) is 2.35. The Labute approximate surface area is 90.6 Å². The van der Waals surface area contributed by atoms with Crippen molar-refractivity contribution in [3.8, 4) is 5.75 Å². The Morgan fingerprint density at radius 2 is 2.07 bits per heavy atom. The first-order valence-corrected chi connectivity index (χ1v) is 5.49. The molecule has 3 nitrogen and oxygen atoms in total. The lowest BCUT2D eigenvalue weighted by molar-refractivity contribution is 0.417. The third-order valence-electron chi connectivity index (χ3n) is 2.96. The van der Waals surface area contributed by atoms with Gasteiger partial charge in [0, 0.05) is 17.8 Å². The molecule has 1 aromatic carbocycles. The molecule has 0 spiro atoms. The van der Waals surface area contributed by atoms with Crippen LogP contribution in [-0.4, -0.2) is 13.2 Å². The smallest absolute Gasteiger partial charge is 0.143 e. The average molecular weight is 206 g/mol. The molecule has 0 bridgehead atoms. The number of anilines is 2. The van der Waals surface area contributed by atoms with Gasteiger partial charge in [-0.3, -0.25) is 0 Å². The summed E-state index contributed by atoms with van der Waals surface area (Å²) in [6.07, 6.45) is 5.22. The van der Waals surface area contributed by atoms with Crippen LogP contribution in [0.3, 0.4) is 0 Å². The van der Waals surface area contributed by atoms with Crippen molar-refractivity contribution in [3.63, 3.8) is 0 Å². The molecular formula is C12H18N2O. The minimum absolute atomic E-state index is 0.623. The number of nitrogen functional groups attached to an aromatic ring is 1. The molecule has 0 aliphatic heterocycles. The molecule has 3 heteroatoms. The van der Waals surface area contributed by atoms with Crippen LogP contribution in [0.4, 0.5) is 11.4 Å². The molecule has 1 fully saturated rings. The van der Waals surface area contributed by atoms with E-state index in [9.17, 15) is 0 Å². The first kappa shape index (κ1) is 10.1. The van der Waals surface area contributed by atoms with Crippen molar-refractivity contribution in [1.29, 1.82) is 0 Å². The maximum atomic E-state index is 5.76. The highest BCUT2D eigenvalue weighted by Crippen LogP contribution is 2.28. The fourth-order valence-electron chi connectivity index (χ4n) is 2.11. The van der Waals surface area contributed by atoms with E-state index in [4.69, 9.17) is 10.5 Å². The van der Waals surface area contributed by atoms with Crippen LogP contribution in [0.2, 0.25) is 0 Å². The minimum Gasteiger partial charge on any atom is -0.495 e. The van der Waals surface area contributed by atoms with E-state index in [-0.39, 0.29) is 0 Å². The van der Waals surface area contributed by atoms with Crippen LogP contribution in [0.1, 0.15) is 25.7 Å². The molecule has 0 saturated heterocycles. The van der Waals surface area contributed by atoms with Crippen LogP contribution in [0.15, 0.2) is 18.2 Å². The van der Waals surface area contributed by atoms with E-state index in [1.54, 1.807) is 7.11 Å². The van der Waals surface area contributed by atoms with Crippen molar-refractivity contribution < 1.29 is 4.74 Å². The van der Waals surface area contributed by atoms with Crippen molar-refractivity contribution in [2.45, 2.75) is 31.7 Å². The summed E-state index contributed by atoms with van der Waals surface area (Å²) >= 11 is 0. The van der Waals surface area contributed by atoms with Gasteiger partial charge in [0.05, 0.1) is 12.8 Å². The topological polar surface area (TPSA) is 47.3 Å². The molecule has 1 aliphatic carbocycles. The fraction of sp³-hybridized carbons (Fsp3) is 0.500. The van der Waals surface area contributed by atoms with Crippen LogP contribution >= 0.6 is 0 Å². The van der Waals surface area contributed by atoms with E-state index in [2.05, 4.69) is 5.32 Å². The van der Waals surface area contributed by atoms with E-state index < -0.39 is 0 Å². The number of methoxy groups -OCH3 is 1. The predicted octanol–water partition coefficient (Wildman–Crippen LogP) is 2.63. The number of benzene rings is 1. The second-order valence-electron chi connectivity index (χ2n) is 4.08. The molecule has 15 heavy (non-hydrogen) atoms. The van der Waals surface area contributed by atoms with Gasteiger partial charge in [0.25, 0.3) is 0 Å². The van der Waals surface area contributed by atoms with Gasteiger partial charge in [-0.2, -0.15) is 0 Å². The van der Waals surface area contributed by atoms with E-state index in [1.807, 2.05) is 18.2 Å². The fourth-order valence-corrected chi connectivity index (χ4v) is 2.11. The normalized spacial score (nSPS) is 16.6. The number of nitrogens with one attached hydrogen (secondary N) is 1. The quantitative estimate of drug-likeness (QED) is 0.747. The van der Waals surface area contributed by atoms with Crippen LogP contribution in [-0.2, 0) is 0 Å². The van der Waals surface area contributed by atoms with Crippen molar-refractivity contribution >= 4 is 11.4 Å². The summed E-state index contributed by atoms with van der Waals surface area (Å²) < 4.78 is 5.19. The summed E-state index contributed by atoms with van der Waals surface area (Å²) in [5.74, 6) is 0.748. The summed E-state index contributed by atoms with van der Waals surface area (Å²) in [6.45, 7) is 0. The Hall–Kier alpha value is -1.38. The molecule has 0 atom stereocenters. The van der Waals surface area contributed by atoms with Gasteiger partial charge in [-0.15, -0.1) is 0 Å². The van der Waals surface area contributed by atoms with Gasteiger partial charge in [0.1, 0.15) is 5.75 Å². The van der Waals surface area contributed by atoms with Gasteiger partial charge >= 0.3 is 0 Å². The molecule has 2 rings (SSSR count). The number of rotatable bonds is 3. The maximum Gasteiger partial charge on any atom is 0.143 e. The van der Waals surface area contributed by atoms with Gasteiger partial charge in [0.15, 0.2) is 0 Å². The number of hydrogen-bond acceptors (Lipinski definition) is 3. The molecule has 3 N–H and O–H groups in total. The Kier molecular flexibility index (Phi) is 2.99. The van der Waals surface area contributed by atoms with E-state index in [1.165, 1.54) is 25.7 Å². The largest absolute Gasteiger partial charge is 0.495 e. The second kappa shape index (κ2) is 4.43. The zero-order valence-corrected chi connectivity index (χ0v) is 9.12. The highest BCUT2D eigenvalue weighted by molar-refractivity contribution is 5.61. The molecule has 0 unspecified atom stereocenters. The van der Waals surface area contributed by atoms with Gasteiger partial charge in [-0.05, 0) is 25.0 Å². The highest BCUT2D eigenvalue weighted by atomic mass is 16.5. The lowest BCUT2D eigenvalue weighted by Gasteiger charge is -2.14. The van der Waals surface area contributed by atoms with Crippen molar-refractivity contribution in [1.82, 2.24) is 0 Å². The predicted molar refractivity (Wildman–Crippen MR) is 63.3 cm³/mol. The molecule has 1 saturated carbocycles. The highest BCUT2D eigenvalue weighted by Gasteiger charge is 2.14. The number of hydrogen-bond donors (Lipinski definition) is 2. The molecular weight excluding hydrogens is 188 g/mol. The maximum absolute atomic E-state index is 5.76. The SMILES string of the molecule is COc1cc(NC2CCCC2)ccc1N. The summed E-state index contributed by atoms with van der Waals surface area (Å²) in [5.41, 5.74) is 7.55. The van der Waals surface area contributed by atoms with E-state index >= 15 is 0 Å². The molecule has 1 aromatic rings. The van der Waals surface area contributed by atoms with Gasteiger partial charge < -0.3 is 15.8 Å². The zero-order valence-electron chi connectivity index (χ0n) is 9.12. The van der Waals surface area contributed by atoms with Gasteiger partial charge in [-0.1, -0.05) is 12.8 Å². The molecule has 0 aromatic heterocycles. The second-order valence-corrected chi connectivity index (χ2v) is 4.08. The monoisotopic (exact) mass is 206 g/mol. The molecule has 1 aliphatic rings. The molecule has 0 amide bonds. The van der Waals surface area contributed by atoms with Gasteiger partial charge in [-0.25, -0.2) is 0 Å². The van der Waals surface area contributed by atoms with Crippen molar-refractivity contribution in [2.75, 3.05) is 18.2 Å². The summed E-state index contributed by atoms with van der Waals surface area (Å²) in [5, 5.41) is 3.51. The van der Waals surface area contributed by atoms with E-state index in [0.717, 1.165) is 11.4 Å². The van der Waals surface area contributed by atoms with Crippen LogP contribution in [0.25, 0.3) is 0 Å². The van der Waals surface area contributed by atoms with Crippen LogP contribution in [0.5, 0.6) is 5.75 Å². The zero-order chi connectivity index (χ0) is 10.7. The van der Waals surface area contributed by atoms with Crippen LogP contribution in [0, 0.1) is 0 Å². The van der Waals surface area contributed by atoms with Gasteiger partial charge in [0.2, 0.25) is 0 Å². The Morgan fingerprint density at radius 3 is 2.73 bits per heavy atom. The third-order valence-corrected chi connectivity index (χ3v) is 2.96. The summed E-state index contributed by atoms with van der Waals surface area (Å²) in [6, 6.07) is 6.48. The van der Waals surface area contributed by atoms with Crippen LogP contribution < -0.4 is 15.8 Å². The summed E-state index contributed by atoms with van der Waals surface area (Å²) in [4.78, 5) is 0. The van der Waals surface area contributed by atoms with E-state index in [0.29, 0.717) is 11.7 Å². The van der Waals surface area contributed by atoms with Crippen molar-refractivity contribution in [3.05, 3.63) is 18.2 Å². The molecule has 0 radical (unpaired) electrons. The minimum atomic E-state index is 0.623. The first-order valence-electron chi connectivity index (χ1n) is 5.49. The Morgan fingerprint density at radius 1 is 1.33 bits per heavy atom. The molecule has 82 valence electrons. The number of ether oxygens (including phenoxy) is 1.